The summed E-state index contributed by atoms with van der Waals surface area (Å²) in [6.45, 7) is 9.24. The van der Waals surface area contributed by atoms with Crippen molar-refractivity contribution in [2.24, 2.45) is 11.8 Å². The molecule has 0 amide bonds. The SMILES string of the molecule is CC(C)C(CO)NC(C)C1CCCN(C)C1. The molecule has 0 bridgehead atoms. The number of aliphatic hydroxyl groups is 1. The number of nitrogens with zero attached hydrogens (tertiary/aromatic N) is 1. The maximum atomic E-state index is 9.32. The molecule has 0 aromatic carbocycles. The van der Waals surface area contributed by atoms with E-state index in [1.165, 1.54) is 25.9 Å². The van der Waals surface area contributed by atoms with E-state index in [1.54, 1.807) is 0 Å². The minimum Gasteiger partial charge on any atom is -0.395 e. The van der Waals surface area contributed by atoms with Gasteiger partial charge in [0.2, 0.25) is 0 Å². The maximum Gasteiger partial charge on any atom is 0.0587 e. The molecule has 3 heteroatoms. The fourth-order valence-corrected chi connectivity index (χ4v) is 2.54. The van der Waals surface area contributed by atoms with E-state index in [0.29, 0.717) is 12.0 Å². The Morgan fingerprint density at radius 2 is 2.06 bits per heavy atom. The normalized spacial score (nSPS) is 27.0. The van der Waals surface area contributed by atoms with Gasteiger partial charge in [-0.25, -0.2) is 0 Å². The van der Waals surface area contributed by atoms with Gasteiger partial charge >= 0.3 is 0 Å². The predicted octanol–water partition coefficient (Wildman–Crippen LogP) is 1.32. The number of nitrogens with one attached hydrogen (secondary N) is 1. The van der Waals surface area contributed by atoms with E-state index in [1.807, 2.05) is 0 Å². The number of hydrogen-bond acceptors (Lipinski definition) is 3. The summed E-state index contributed by atoms with van der Waals surface area (Å²) in [6.07, 6.45) is 2.62. The number of likely N-dealkylation sites (tertiary alicyclic amines) is 1. The van der Waals surface area contributed by atoms with Crippen molar-refractivity contribution in [3.05, 3.63) is 0 Å². The summed E-state index contributed by atoms with van der Waals surface area (Å²) in [7, 11) is 2.20. The summed E-state index contributed by atoms with van der Waals surface area (Å²) >= 11 is 0. The summed E-state index contributed by atoms with van der Waals surface area (Å²) in [5.41, 5.74) is 0. The van der Waals surface area contributed by atoms with Gasteiger partial charge in [-0.05, 0) is 45.2 Å². The topological polar surface area (TPSA) is 35.5 Å². The van der Waals surface area contributed by atoms with E-state index in [0.717, 1.165) is 5.92 Å². The van der Waals surface area contributed by atoms with Crippen molar-refractivity contribution in [3.63, 3.8) is 0 Å². The third kappa shape index (κ3) is 4.04. The number of hydrogen-bond donors (Lipinski definition) is 2. The number of rotatable bonds is 5. The zero-order valence-electron chi connectivity index (χ0n) is 11.2. The van der Waals surface area contributed by atoms with Crippen molar-refractivity contribution in [2.45, 2.75) is 45.7 Å². The Labute approximate surface area is 100 Å². The number of aliphatic hydroxyl groups excluding tert-OH is 1. The summed E-state index contributed by atoms with van der Waals surface area (Å²) < 4.78 is 0. The van der Waals surface area contributed by atoms with E-state index in [-0.39, 0.29) is 12.6 Å². The molecule has 2 N–H and O–H groups in total. The zero-order valence-corrected chi connectivity index (χ0v) is 11.2. The summed E-state index contributed by atoms with van der Waals surface area (Å²) in [5.74, 6) is 1.22. The average molecular weight is 228 g/mol. The van der Waals surface area contributed by atoms with E-state index in [4.69, 9.17) is 0 Å². The van der Waals surface area contributed by atoms with Crippen molar-refractivity contribution in [3.8, 4) is 0 Å². The van der Waals surface area contributed by atoms with E-state index in [2.05, 4.69) is 38.0 Å². The second-order valence-corrected chi connectivity index (χ2v) is 5.65. The van der Waals surface area contributed by atoms with E-state index in [9.17, 15) is 5.11 Å². The molecule has 3 nitrogen and oxygen atoms in total. The van der Waals surface area contributed by atoms with Gasteiger partial charge in [0.15, 0.2) is 0 Å². The van der Waals surface area contributed by atoms with Crippen LogP contribution in [0.3, 0.4) is 0 Å². The average Bonchev–Trinajstić information content (AvgIpc) is 2.25. The first-order valence-electron chi connectivity index (χ1n) is 6.60. The Morgan fingerprint density at radius 3 is 2.56 bits per heavy atom. The van der Waals surface area contributed by atoms with Crippen LogP contribution in [-0.4, -0.2) is 48.8 Å². The molecule has 1 saturated heterocycles. The molecule has 1 aliphatic rings. The molecule has 1 fully saturated rings. The second kappa shape index (κ2) is 6.58. The predicted molar refractivity (Wildman–Crippen MR) is 68.5 cm³/mol. The minimum absolute atomic E-state index is 0.238. The van der Waals surface area contributed by atoms with Gasteiger partial charge < -0.3 is 15.3 Å². The smallest absolute Gasteiger partial charge is 0.0587 e. The van der Waals surface area contributed by atoms with Gasteiger partial charge in [-0.3, -0.25) is 0 Å². The van der Waals surface area contributed by atoms with Crippen LogP contribution in [0.5, 0.6) is 0 Å². The van der Waals surface area contributed by atoms with Gasteiger partial charge in [-0.2, -0.15) is 0 Å². The Kier molecular flexibility index (Phi) is 5.73. The van der Waals surface area contributed by atoms with Crippen molar-refractivity contribution in [2.75, 3.05) is 26.7 Å². The van der Waals surface area contributed by atoms with Crippen LogP contribution >= 0.6 is 0 Å². The highest BCUT2D eigenvalue weighted by Gasteiger charge is 2.25. The van der Waals surface area contributed by atoms with Crippen molar-refractivity contribution >= 4 is 0 Å². The molecular weight excluding hydrogens is 200 g/mol. The van der Waals surface area contributed by atoms with Crippen LogP contribution in [0.15, 0.2) is 0 Å². The van der Waals surface area contributed by atoms with Crippen LogP contribution in [0.2, 0.25) is 0 Å². The molecule has 16 heavy (non-hydrogen) atoms. The molecule has 96 valence electrons. The van der Waals surface area contributed by atoms with Crippen LogP contribution in [0.4, 0.5) is 0 Å². The third-order valence-electron chi connectivity index (χ3n) is 3.85. The lowest BCUT2D eigenvalue weighted by atomic mass is 9.90. The molecule has 0 aromatic heterocycles. The fourth-order valence-electron chi connectivity index (χ4n) is 2.54. The molecule has 1 aliphatic heterocycles. The minimum atomic E-state index is 0.238. The lowest BCUT2D eigenvalue weighted by Crippen LogP contribution is -2.49. The quantitative estimate of drug-likeness (QED) is 0.745. The van der Waals surface area contributed by atoms with Gasteiger partial charge in [0.1, 0.15) is 0 Å². The first-order valence-corrected chi connectivity index (χ1v) is 6.60. The standard InChI is InChI=1S/C13H28N2O/c1-10(2)13(9-16)14-11(3)12-6-5-7-15(4)8-12/h10-14,16H,5-9H2,1-4H3. The van der Waals surface area contributed by atoms with Crippen molar-refractivity contribution in [1.82, 2.24) is 10.2 Å². The zero-order chi connectivity index (χ0) is 12.1. The van der Waals surface area contributed by atoms with Gasteiger partial charge in [0.05, 0.1) is 6.61 Å². The van der Waals surface area contributed by atoms with Crippen LogP contribution in [0.1, 0.15) is 33.6 Å². The molecule has 1 heterocycles. The van der Waals surface area contributed by atoms with Crippen LogP contribution < -0.4 is 5.32 Å². The van der Waals surface area contributed by atoms with Gasteiger partial charge in [0, 0.05) is 18.6 Å². The second-order valence-electron chi connectivity index (χ2n) is 5.65. The summed E-state index contributed by atoms with van der Waals surface area (Å²) in [5, 5.41) is 12.9. The molecule has 0 aliphatic carbocycles. The summed E-state index contributed by atoms with van der Waals surface area (Å²) in [6, 6.07) is 0.740. The molecule has 0 spiro atoms. The lowest BCUT2D eigenvalue weighted by Gasteiger charge is -2.36. The molecule has 3 atom stereocenters. The highest BCUT2D eigenvalue weighted by Crippen LogP contribution is 2.19. The van der Waals surface area contributed by atoms with Gasteiger partial charge in [0.25, 0.3) is 0 Å². The van der Waals surface area contributed by atoms with E-state index >= 15 is 0 Å². The van der Waals surface area contributed by atoms with Crippen molar-refractivity contribution in [1.29, 1.82) is 0 Å². The number of piperidine rings is 1. The Balaban J connectivity index is 2.40. The lowest BCUT2D eigenvalue weighted by molar-refractivity contribution is 0.146. The Hall–Kier alpha value is -0.120. The maximum absolute atomic E-state index is 9.32. The Bertz CT molecular complexity index is 196. The fraction of sp³-hybridized carbons (Fsp3) is 1.00. The summed E-state index contributed by atoms with van der Waals surface area (Å²) in [4.78, 5) is 2.41. The third-order valence-corrected chi connectivity index (χ3v) is 3.85. The monoisotopic (exact) mass is 228 g/mol. The largest absolute Gasteiger partial charge is 0.395 e. The van der Waals surface area contributed by atoms with Crippen LogP contribution in [0.25, 0.3) is 0 Å². The molecule has 0 aromatic rings. The highest BCUT2D eigenvalue weighted by molar-refractivity contribution is 4.82. The van der Waals surface area contributed by atoms with Gasteiger partial charge in [-0.15, -0.1) is 0 Å². The first-order chi connectivity index (χ1) is 7.54. The molecule has 0 radical (unpaired) electrons. The molecule has 3 unspecified atom stereocenters. The molecule has 1 rings (SSSR count). The highest BCUT2D eigenvalue weighted by atomic mass is 16.3. The van der Waals surface area contributed by atoms with Crippen molar-refractivity contribution < 1.29 is 5.11 Å². The van der Waals surface area contributed by atoms with Gasteiger partial charge in [-0.1, -0.05) is 13.8 Å². The van der Waals surface area contributed by atoms with Crippen LogP contribution in [0, 0.1) is 11.8 Å². The Morgan fingerprint density at radius 1 is 1.38 bits per heavy atom. The van der Waals surface area contributed by atoms with E-state index < -0.39 is 0 Å². The molecular formula is C13H28N2O. The van der Waals surface area contributed by atoms with Crippen LogP contribution in [-0.2, 0) is 0 Å². The first kappa shape index (κ1) is 13.9. The molecule has 0 saturated carbocycles.